The molecule has 3 rings (SSSR count). The quantitative estimate of drug-likeness (QED) is 0.253. The van der Waals surface area contributed by atoms with Crippen LogP contribution < -0.4 is 16.0 Å². The average molecular weight is 389 g/mol. The van der Waals surface area contributed by atoms with E-state index in [0.717, 1.165) is 12.1 Å². The minimum atomic E-state index is -0.912. The van der Waals surface area contributed by atoms with Gasteiger partial charge in [-0.1, -0.05) is 0 Å². The van der Waals surface area contributed by atoms with Gasteiger partial charge in [0, 0.05) is 37.4 Å². The van der Waals surface area contributed by atoms with Crippen molar-refractivity contribution in [1.29, 1.82) is 5.41 Å². The van der Waals surface area contributed by atoms with Gasteiger partial charge < -0.3 is 20.8 Å². The number of carboxylic acids is 1. The number of carbonyl (C=O) groups is 2. The largest absolute Gasteiger partial charge is 0.481 e. The molecule has 9 heteroatoms. The summed E-state index contributed by atoms with van der Waals surface area (Å²) < 4.78 is 0. The first kappa shape index (κ1) is 20.2. The molecule has 1 aromatic carbocycles. The molecule has 9 nitrogen and oxygen atoms in total. The van der Waals surface area contributed by atoms with Gasteiger partial charge in [0.2, 0.25) is 5.91 Å². The Morgan fingerprint density at radius 2 is 1.82 bits per heavy atom. The Bertz CT molecular complexity index is 743. The third kappa shape index (κ3) is 4.16. The molecule has 6 N–H and O–H groups in total. The second-order valence-corrected chi connectivity index (χ2v) is 7.46. The van der Waals surface area contributed by atoms with Gasteiger partial charge in [0.1, 0.15) is 5.84 Å². The number of aliphatic carboxylic acids is 1. The van der Waals surface area contributed by atoms with Crippen molar-refractivity contribution in [1.82, 2.24) is 10.2 Å². The Hall–Kier alpha value is -2.49. The molecule has 1 unspecified atom stereocenters. The normalized spacial score (nSPS) is 20.5. The van der Waals surface area contributed by atoms with E-state index in [9.17, 15) is 14.7 Å². The van der Waals surface area contributed by atoms with Gasteiger partial charge in [0.15, 0.2) is 6.35 Å². The number of aliphatic hydroxyl groups excluding tert-OH is 1. The average Bonchev–Trinajstić information content (AvgIpc) is 2.98. The summed E-state index contributed by atoms with van der Waals surface area (Å²) in [6.07, 6.45) is 1.14. The van der Waals surface area contributed by atoms with Crippen LogP contribution in [0.15, 0.2) is 24.3 Å². The van der Waals surface area contributed by atoms with Crippen molar-refractivity contribution in [3.05, 3.63) is 29.8 Å². The van der Waals surface area contributed by atoms with Crippen LogP contribution in [0.25, 0.3) is 0 Å². The standard InChI is InChI=1S/C19H27N5O4/c20-16(21)13-1-3-14(4-2-13)24-12-8-19(17(24)27)6-10-23(11-7-19)18(28)22-9-5-15(25)26/h1-4,18,22,28H,5-12H2,(H3,20,21)(H,25,26). The van der Waals surface area contributed by atoms with E-state index in [1.807, 2.05) is 17.0 Å². The first-order chi connectivity index (χ1) is 13.3. The van der Waals surface area contributed by atoms with E-state index in [1.54, 1.807) is 17.0 Å². The Kier molecular flexibility index (Phi) is 5.97. The molecule has 1 amide bonds. The number of rotatable bonds is 7. The Morgan fingerprint density at radius 3 is 2.39 bits per heavy atom. The number of nitrogens with two attached hydrogens (primary N) is 1. The van der Waals surface area contributed by atoms with Crippen LogP contribution >= 0.6 is 0 Å². The molecule has 1 aromatic rings. The molecule has 1 atom stereocenters. The lowest BCUT2D eigenvalue weighted by molar-refractivity contribution is -0.137. The third-order valence-electron chi connectivity index (χ3n) is 5.77. The Morgan fingerprint density at radius 1 is 1.21 bits per heavy atom. The number of carbonyl (C=O) groups excluding carboxylic acids is 1. The molecule has 0 radical (unpaired) electrons. The lowest BCUT2D eigenvalue weighted by Crippen LogP contribution is -2.53. The van der Waals surface area contributed by atoms with E-state index in [1.165, 1.54) is 0 Å². The van der Waals surface area contributed by atoms with Crippen molar-refractivity contribution in [3.63, 3.8) is 0 Å². The minimum Gasteiger partial charge on any atom is -0.481 e. The fourth-order valence-corrected chi connectivity index (χ4v) is 3.99. The highest BCUT2D eigenvalue weighted by Crippen LogP contribution is 2.43. The lowest BCUT2D eigenvalue weighted by Gasteiger charge is -2.40. The molecular weight excluding hydrogens is 362 g/mol. The molecule has 0 aliphatic carbocycles. The summed E-state index contributed by atoms with van der Waals surface area (Å²) in [6.45, 7) is 1.99. The molecule has 2 saturated heterocycles. The van der Waals surface area contributed by atoms with E-state index < -0.39 is 17.7 Å². The highest BCUT2D eigenvalue weighted by Gasteiger charge is 2.48. The number of carboxylic acid groups (broad SMARTS) is 1. The van der Waals surface area contributed by atoms with E-state index in [-0.39, 0.29) is 24.7 Å². The van der Waals surface area contributed by atoms with E-state index in [2.05, 4.69) is 5.32 Å². The van der Waals surface area contributed by atoms with Crippen molar-refractivity contribution >= 4 is 23.4 Å². The van der Waals surface area contributed by atoms with Crippen molar-refractivity contribution < 1.29 is 19.8 Å². The maximum absolute atomic E-state index is 13.1. The monoisotopic (exact) mass is 389 g/mol. The van der Waals surface area contributed by atoms with Crippen molar-refractivity contribution in [2.75, 3.05) is 31.1 Å². The highest BCUT2D eigenvalue weighted by atomic mass is 16.4. The van der Waals surface area contributed by atoms with Crippen LogP contribution in [0.5, 0.6) is 0 Å². The molecule has 152 valence electrons. The summed E-state index contributed by atoms with van der Waals surface area (Å²) in [4.78, 5) is 27.3. The first-order valence-electron chi connectivity index (χ1n) is 9.46. The number of nitrogens with one attached hydrogen (secondary N) is 2. The number of hydrogen-bond acceptors (Lipinski definition) is 6. The van der Waals surface area contributed by atoms with Crippen LogP contribution in [-0.2, 0) is 9.59 Å². The van der Waals surface area contributed by atoms with E-state index in [4.69, 9.17) is 16.2 Å². The molecule has 2 fully saturated rings. The van der Waals surface area contributed by atoms with Crippen molar-refractivity contribution in [3.8, 4) is 0 Å². The predicted molar refractivity (Wildman–Crippen MR) is 104 cm³/mol. The number of aliphatic hydroxyl groups is 1. The van der Waals surface area contributed by atoms with Crippen LogP contribution in [0.2, 0.25) is 0 Å². The molecule has 0 aromatic heterocycles. The summed E-state index contributed by atoms with van der Waals surface area (Å²) in [5.74, 6) is -0.806. The number of nitrogens with zero attached hydrogens (tertiary/aromatic N) is 2. The van der Waals surface area contributed by atoms with Crippen molar-refractivity contribution in [2.45, 2.75) is 32.0 Å². The number of piperidine rings is 1. The van der Waals surface area contributed by atoms with Gasteiger partial charge in [-0.15, -0.1) is 0 Å². The summed E-state index contributed by atoms with van der Waals surface area (Å²) in [6, 6.07) is 7.13. The molecule has 0 bridgehead atoms. The number of amidine groups is 1. The first-order valence-corrected chi connectivity index (χ1v) is 9.46. The van der Waals surface area contributed by atoms with Gasteiger partial charge in [0.05, 0.1) is 11.8 Å². The van der Waals surface area contributed by atoms with Crippen LogP contribution in [0, 0.1) is 10.8 Å². The number of anilines is 1. The van der Waals surface area contributed by atoms with Gasteiger partial charge in [-0.05, 0) is 43.5 Å². The SMILES string of the molecule is N=C(N)c1ccc(N2CCC3(CCN(C(O)NCCC(=O)O)CC3)C2=O)cc1. The zero-order valence-corrected chi connectivity index (χ0v) is 15.7. The van der Waals surface area contributed by atoms with Gasteiger partial charge in [-0.3, -0.25) is 25.2 Å². The predicted octanol–water partition coefficient (Wildman–Crippen LogP) is 0.130. The number of hydrogen-bond donors (Lipinski definition) is 5. The third-order valence-corrected chi connectivity index (χ3v) is 5.77. The van der Waals surface area contributed by atoms with E-state index in [0.29, 0.717) is 38.0 Å². The van der Waals surface area contributed by atoms with Crippen LogP contribution in [-0.4, -0.2) is 65.4 Å². The van der Waals surface area contributed by atoms with E-state index >= 15 is 0 Å². The van der Waals surface area contributed by atoms with Crippen LogP contribution in [0.1, 0.15) is 31.2 Å². The van der Waals surface area contributed by atoms with Gasteiger partial charge >= 0.3 is 5.97 Å². The Balaban J connectivity index is 1.57. The zero-order chi connectivity index (χ0) is 20.3. The van der Waals surface area contributed by atoms with Gasteiger partial charge in [-0.2, -0.15) is 0 Å². The topological polar surface area (TPSA) is 143 Å². The maximum Gasteiger partial charge on any atom is 0.304 e. The summed E-state index contributed by atoms with van der Waals surface area (Å²) >= 11 is 0. The highest BCUT2D eigenvalue weighted by molar-refractivity contribution is 6.01. The number of nitrogen functional groups attached to an aromatic ring is 1. The second-order valence-electron chi connectivity index (χ2n) is 7.46. The Labute approximate surface area is 163 Å². The summed E-state index contributed by atoms with van der Waals surface area (Å²) in [7, 11) is 0. The van der Waals surface area contributed by atoms with Crippen LogP contribution in [0.3, 0.4) is 0 Å². The summed E-state index contributed by atoms with van der Waals surface area (Å²) in [5.41, 5.74) is 6.51. The smallest absolute Gasteiger partial charge is 0.304 e. The molecule has 2 aliphatic heterocycles. The molecular formula is C19H27N5O4. The molecule has 0 saturated carbocycles. The molecule has 1 spiro atoms. The zero-order valence-electron chi connectivity index (χ0n) is 15.7. The molecule has 2 heterocycles. The number of amides is 1. The second kappa shape index (κ2) is 8.26. The molecule has 2 aliphatic rings. The number of benzene rings is 1. The van der Waals surface area contributed by atoms with Crippen molar-refractivity contribution in [2.24, 2.45) is 11.1 Å². The van der Waals surface area contributed by atoms with Gasteiger partial charge in [-0.25, -0.2) is 0 Å². The maximum atomic E-state index is 13.1. The minimum absolute atomic E-state index is 0.00124. The number of likely N-dealkylation sites (tertiary alicyclic amines) is 1. The fraction of sp³-hybridized carbons (Fsp3) is 0.526. The molecule has 28 heavy (non-hydrogen) atoms. The van der Waals surface area contributed by atoms with Gasteiger partial charge in [0.25, 0.3) is 0 Å². The summed E-state index contributed by atoms with van der Waals surface area (Å²) in [5, 5.41) is 29.1. The fourth-order valence-electron chi connectivity index (χ4n) is 3.99. The lowest BCUT2D eigenvalue weighted by atomic mass is 9.77. The van der Waals surface area contributed by atoms with Crippen LogP contribution in [0.4, 0.5) is 5.69 Å².